The third-order valence-corrected chi connectivity index (χ3v) is 6.63. The Labute approximate surface area is 192 Å². The Morgan fingerprint density at radius 1 is 1.27 bits per heavy atom. The van der Waals surface area contributed by atoms with Crippen molar-refractivity contribution >= 4 is 17.6 Å². The number of urea groups is 1. The summed E-state index contributed by atoms with van der Waals surface area (Å²) < 4.78 is 40.7. The number of nitrogens with zero attached hydrogens (tertiary/aromatic N) is 4. The first-order chi connectivity index (χ1) is 15.5. The summed E-state index contributed by atoms with van der Waals surface area (Å²) in [5.41, 5.74) is -1.44. The van der Waals surface area contributed by atoms with Crippen LogP contribution in [0, 0.1) is 16.7 Å². The summed E-state index contributed by atoms with van der Waals surface area (Å²) in [6, 6.07) is 4.52. The number of nitrogens with one attached hydrogen (secondary N) is 1. The van der Waals surface area contributed by atoms with Crippen molar-refractivity contribution in [3.8, 4) is 6.07 Å². The minimum Gasteiger partial charge on any atom is -0.359 e. The molecule has 1 aromatic rings. The molecule has 0 radical (unpaired) electrons. The highest BCUT2D eigenvalue weighted by Crippen LogP contribution is 2.46. The summed E-state index contributed by atoms with van der Waals surface area (Å²) in [7, 11) is 3.26. The monoisotopic (exact) mass is 465 g/mol. The Kier molecular flexibility index (Phi) is 7.10. The van der Waals surface area contributed by atoms with Gasteiger partial charge in [0.2, 0.25) is 5.91 Å². The Morgan fingerprint density at radius 2 is 1.94 bits per heavy atom. The third-order valence-electron chi connectivity index (χ3n) is 6.63. The Bertz CT molecular complexity index is 933. The molecule has 0 saturated carbocycles. The first-order valence-electron chi connectivity index (χ1n) is 11.1. The molecule has 1 unspecified atom stereocenters. The SMILES string of the molecule is CCCNC(=O)N1CCC2(CC1)CC(C(=O)N(C)C)N(c1ccc(C#N)c(C(F)(F)F)c1)C2. The van der Waals surface area contributed by atoms with Crippen LogP contribution in [0.4, 0.5) is 23.7 Å². The van der Waals surface area contributed by atoms with Crippen molar-refractivity contribution < 1.29 is 22.8 Å². The lowest BCUT2D eigenvalue weighted by atomic mass is 9.76. The molecule has 1 aromatic carbocycles. The van der Waals surface area contributed by atoms with Gasteiger partial charge in [-0.05, 0) is 49.3 Å². The number of anilines is 1. The minimum atomic E-state index is -4.67. The minimum absolute atomic E-state index is 0.107. The van der Waals surface area contributed by atoms with Crippen LogP contribution >= 0.6 is 0 Å². The number of halogens is 3. The highest BCUT2D eigenvalue weighted by molar-refractivity contribution is 5.86. The molecule has 10 heteroatoms. The lowest BCUT2D eigenvalue weighted by molar-refractivity contribution is -0.137. The van der Waals surface area contributed by atoms with Gasteiger partial charge < -0.3 is 20.0 Å². The molecule has 0 aromatic heterocycles. The van der Waals surface area contributed by atoms with E-state index in [2.05, 4.69) is 5.32 Å². The van der Waals surface area contributed by atoms with Crippen molar-refractivity contribution in [3.05, 3.63) is 29.3 Å². The number of likely N-dealkylation sites (N-methyl/N-ethyl adjacent to an activating group) is 1. The summed E-state index contributed by atoms with van der Waals surface area (Å²) >= 11 is 0. The smallest absolute Gasteiger partial charge is 0.359 e. The van der Waals surface area contributed by atoms with E-state index in [4.69, 9.17) is 5.26 Å². The van der Waals surface area contributed by atoms with Crippen molar-refractivity contribution in [2.24, 2.45) is 5.41 Å². The molecule has 180 valence electrons. The number of benzene rings is 1. The van der Waals surface area contributed by atoms with Crippen molar-refractivity contribution in [3.63, 3.8) is 0 Å². The number of rotatable bonds is 4. The van der Waals surface area contributed by atoms with Gasteiger partial charge in [-0.25, -0.2) is 4.79 Å². The van der Waals surface area contributed by atoms with Gasteiger partial charge in [0.05, 0.1) is 17.2 Å². The number of piperidine rings is 1. The van der Waals surface area contributed by atoms with Gasteiger partial charge in [0.1, 0.15) is 6.04 Å². The van der Waals surface area contributed by atoms with Crippen LogP contribution in [0.1, 0.15) is 43.7 Å². The second kappa shape index (κ2) is 9.49. The zero-order valence-corrected chi connectivity index (χ0v) is 19.2. The summed E-state index contributed by atoms with van der Waals surface area (Å²) in [5, 5.41) is 12.0. The summed E-state index contributed by atoms with van der Waals surface area (Å²) in [6.45, 7) is 4.08. The fourth-order valence-electron chi connectivity index (χ4n) is 4.78. The van der Waals surface area contributed by atoms with Crippen LogP contribution in [-0.4, -0.2) is 68.1 Å². The Hall–Kier alpha value is -2.96. The standard InChI is InChI=1S/C23H30F3N5O2/c1-4-9-28-21(33)30-10-7-22(8-11-30)13-19(20(32)29(2)3)31(15-22)17-6-5-16(14-27)18(12-17)23(24,25)26/h5-6,12,19H,4,7-11,13,15H2,1-3H3,(H,28,33). The van der Waals surface area contributed by atoms with Crippen LogP contribution in [0.3, 0.4) is 0 Å². The van der Waals surface area contributed by atoms with Gasteiger partial charge in [-0.1, -0.05) is 6.92 Å². The molecule has 33 heavy (non-hydrogen) atoms. The molecule has 2 fully saturated rings. The molecule has 3 rings (SSSR count). The van der Waals surface area contributed by atoms with Gasteiger partial charge in [0.25, 0.3) is 0 Å². The number of amides is 3. The van der Waals surface area contributed by atoms with Gasteiger partial charge >= 0.3 is 12.2 Å². The van der Waals surface area contributed by atoms with Gasteiger partial charge in [-0.15, -0.1) is 0 Å². The molecule has 1 N–H and O–H groups in total. The fourth-order valence-corrected chi connectivity index (χ4v) is 4.78. The average Bonchev–Trinajstić information content (AvgIpc) is 3.15. The molecule has 2 aliphatic heterocycles. The number of carbonyl (C=O) groups excluding carboxylic acids is 2. The maximum atomic E-state index is 13.6. The van der Waals surface area contributed by atoms with Crippen LogP contribution in [0.2, 0.25) is 0 Å². The fraction of sp³-hybridized carbons (Fsp3) is 0.609. The van der Waals surface area contributed by atoms with E-state index in [-0.39, 0.29) is 23.0 Å². The van der Waals surface area contributed by atoms with Gasteiger partial charge in [0, 0.05) is 46.0 Å². The molecular formula is C23H30F3N5O2. The Morgan fingerprint density at radius 3 is 2.48 bits per heavy atom. The second-order valence-corrected chi connectivity index (χ2v) is 9.14. The molecule has 0 aliphatic carbocycles. The predicted octanol–water partition coefficient (Wildman–Crippen LogP) is 3.45. The van der Waals surface area contributed by atoms with Crippen molar-refractivity contribution in [1.29, 1.82) is 5.26 Å². The van der Waals surface area contributed by atoms with E-state index in [0.717, 1.165) is 12.5 Å². The molecule has 2 aliphatic rings. The third kappa shape index (κ3) is 5.18. The van der Waals surface area contributed by atoms with E-state index in [0.29, 0.717) is 45.4 Å². The van der Waals surface area contributed by atoms with Gasteiger partial charge in [-0.3, -0.25) is 4.79 Å². The molecule has 1 atom stereocenters. The zero-order valence-electron chi connectivity index (χ0n) is 19.2. The van der Waals surface area contributed by atoms with E-state index in [1.165, 1.54) is 17.0 Å². The van der Waals surface area contributed by atoms with Crippen LogP contribution in [-0.2, 0) is 11.0 Å². The molecule has 2 saturated heterocycles. The summed E-state index contributed by atoms with van der Waals surface area (Å²) in [5.74, 6) is -0.173. The van der Waals surface area contributed by atoms with E-state index >= 15 is 0 Å². The lowest BCUT2D eigenvalue weighted by Crippen LogP contribution is -2.48. The van der Waals surface area contributed by atoms with E-state index < -0.39 is 23.3 Å². The molecule has 7 nitrogen and oxygen atoms in total. The predicted molar refractivity (Wildman–Crippen MR) is 118 cm³/mol. The van der Waals surface area contributed by atoms with Crippen LogP contribution in [0.25, 0.3) is 0 Å². The zero-order chi connectivity index (χ0) is 24.4. The summed E-state index contributed by atoms with van der Waals surface area (Å²) in [6.07, 6.45) is -1.98. The molecule has 2 heterocycles. The molecule has 1 spiro atoms. The first kappa shape index (κ1) is 24.7. The summed E-state index contributed by atoms with van der Waals surface area (Å²) in [4.78, 5) is 30.3. The van der Waals surface area contributed by atoms with Gasteiger partial charge in [0.15, 0.2) is 0 Å². The van der Waals surface area contributed by atoms with E-state index in [1.807, 2.05) is 6.92 Å². The number of hydrogen-bond acceptors (Lipinski definition) is 4. The van der Waals surface area contributed by atoms with Crippen LogP contribution in [0.5, 0.6) is 0 Å². The quantitative estimate of drug-likeness (QED) is 0.739. The first-order valence-corrected chi connectivity index (χ1v) is 11.1. The lowest BCUT2D eigenvalue weighted by Gasteiger charge is -2.39. The number of alkyl halides is 3. The maximum absolute atomic E-state index is 13.6. The molecule has 0 bridgehead atoms. The van der Waals surface area contributed by atoms with Crippen LogP contribution in [0.15, 0.2) is 18.2 Å². The largest absolute Gasteiger partial charge is 0.417 e. The highest BCUT2D eigenvalue weighted by Gasteiger charge is 2.49. The average molecular weight is 466 g/mol. The topological polar surface area (TPSA) is 79.7 Å². The van der Waals surface area contributed by atoms with Crippen LogP contribution < -0.4 is 10.2 Å². The van der Waals surface area contributed by atoms with Crippen molar-refractivity contribution in [1.82, 2.24) is 15.1 Å². The number of carbonyl (C=O) groups is 2. The number of nitriles is 1. The van der Waals surface area contributed by atoms with E-state index in [1.54, 1.807) is 30.0 Å². The van der Waals surface area contributed by atoms with Gasteiger partial charge in [-0.2, -0.15) is 18.4 Å². The molecule has 3 amide bonds. The number of hydrogen-bond donors (Lipinski definition) is 1. The van der Waals surface area contributed by atoms with Crippen molar-refractivity contribution in [2.75, 3.05) is 45.2 Å². The second-order valence-electron chi connectivity index (χ2n) is 9.14. The Balaban J connectivity index is 1.87. The normalized spacial score (nSPS) is 20.0. The maximum Gasteiger partial charge on any atom is 0.417 e. The highest BCUT2D eigenvalue weighted by atomic mass is 19.4. The van der Waals surface area contributed by atoms with Crippen molar-refractivity contribution in [2.45, 2.75) is 44.8 Å². The molecular weight excluding hydrogens is 435 g/mol. The van der Waals surface area contributed by atoms with E-state index in [9.17, 15) is 22.8 Å². The number of likely N-dealkylation sites (tertiary alicyclic amines) is 1.